The maximum Gasteiger partial charge on any atom is 0.225 e. The number of nitrogens with zero attached hydrogens (tertiary/aromatic N) is 3. The van der Waals surface area contributed by atoms with Crippen LogP contribution in [0.4, 0.5) is 5.95 Å². The van der Waals surface area contributed by atoms with Gasteiger partial charge in [0.25, 0.3) is 0 Å². The highest BCUT2D eigenvalue weighted by atomic mass is 16.3. The van der Waals surface area contributed by atoms with Crippen molar-refractivity contribution in [3.8, 4) is 0 Å². The molecule has 1 N–H and O–H groups in total. The number of aliphatic hydroxyl groups is 1. The van der Waals surface area contributed by atoms with Crippen molar-refractivity contribution in [3.63, 3.8) is 0 Å². The van der Waals surface area contributed by atoms with Gasteiger partial charge in [-0.1, -0.05) is 20.8 Å². The molecule has 1 aliphatic rings. The Hall–Kier alpha value is -1.16. The molecule has 0 aromatic carbocycles. The standard InChI is InChI=1S/C12H19N3O/c1-12(2,3)9-7-15(8-10(9)16)11-13-5-4-6-14-11/h4-6,9-10,16H,7-8H2,1-3H3/t9-,10+/m0/s1. The van der Waals surface area contributed by atoms with Crippen molar-refractivity contribution >= 4 is 5.95 Å². The van der Waals surface area contributed by atoms with Crippen LogP contribution in [-0.2, 0) is 0 Å². The molecule has 1 fully saturated rings. The molecular formula is C12H19N3O. The van der Waals surface area contributed by atoms with Gasteiger partial charge in [0.05, 0.1) is 6.10 Å². The van der Waals surface area contributed by atoms with Crippen molar-refractivity contribution in [2.75, 3.05) is 18.0 Å². The van der Waals surface area contributed by atoms with Crippen LogP contribution in [0.5, 0.6) is 0 Å². The number of hydrogen-bond donors (Lipinski definition) is 1. The van der Waals surface area contributed by atoms with Crippen LogP contribution in [-0.4, -0.2) is 34.3 Å². The highest BCUT2D eigenvalue weighted by Gasteiger charge is 2.39. The molecule has 1 aromatic rings. The first-order valence-electron chi connectivity index (χ1n) is 5.68. The van der Waals surface area contributed by atoms with E-state index < -0.39 is 0 Å². The molecule has 2 rings (SSSR count). The number of rotatable bonds is 1. The minimum Gasteiger partial charge on any atom is -0.391 e. The van der Waals surface area contributed by atoms with Crippen molar-refractivity contribution < 1.29 is 5.11 Å². The first-order valence-corrected chi connectivity index (χ1v) is 5.68. The van der Waals surface area contributed by atoms with Gasteiger partial charge < -0.3 is 10.0 Å². The van der Waals surface area contributed by atoms with Gasteiger partial charge in [0.15, 0.2) is 0 Å². The first-order chi connectivity index (χ1) is 7.48. The van der Waals surface area contributed by atoms with Crippen LogP contribution in [0, 0.1) is 11.3 Å². The van der Waals surface area contributed by atoms with Crippen LogP contribution < -0.4 is 4.90 Å². The average Bonchev–Trinajstić information content (AvgIpc) is 2.61. The van der Waals surface area contributed by atoms with E-state index in [0.29, 0.717) is 12.5 Å². The van der Waals surface area contributed by atoms with E-state index in [4.69, 9.17) is 0 Å². The number of β-amino-alcohol motifs (C(OH)–C–C–N with tert-alkyl or cyclic N) is 1. The lowest BCUT2D eigenvalue weighted by molar-refractivity contribution is 0.0828. The third-order valence-electron chi connectivity index (χ3n) is 3.24. The number of aromatic nitrogens is 2. The second-order valence-electron chi connectivity index (χ2n) is 5.49. The van der Waals surface area contributed by atoms with Gasteiger partial charge in [0.1, 0.15) is 0 Å². The Morgan fingerprint density at radius 1 is 1.25 bits per heavy atom. The summed E-state index contributed by atoms with van der Waals surface area (Å²) in [6.45, 7) is 7.95. The van der Waals surface area contributed by atoms with Gasteiger partial charge in [-0.2, -0.15) is 0 Å². The molecule has 4 nitrogen and oxygen atoms in total. The van der Waals surface area contributed by atoms with Gasteiger partial charge in [-0.15, -0.1) is 0 Å². The fourth-order valence-corrected chi connectivity index (χ4v) is 2.26. The van der Waals surface area contributed by atoms with Crippen molar-refractivity contribution in [1.82, 2.24) is 9.97 Å². The zero-order chi connectivity index (χ0) is 11.8. The van der Waals surface area contributed by atoms with Crippen LogP contribution in [0.15, 0.2) is 18.5 Å². The van der Waals surface area contributed by atoms with Crippen LogP contribution in [0.25, 0.3) is 0 Å². The zero-order valence-electron chi connectivity index (χ0n) is 10.1. The lowest BCUT2D eigenvalue weighted by atomic mass is 9.79. The van der Waals surface area contributed by atoms with E-state index in [1.54, 1.807) is 18.5 Å². The minimum absolute atomic E-state index is 0.114. The van der Waals surface area contributed by atoms with E-state index in [9.17, 15) is 5.11 Å². The number of hydrogen-bond acceptors (Lipinski definition) is 4. The average molecular weight is 221 g/mol. The van der Waals surface area contributed by atoms with Crippen LogP contribution in [0.1, 0.15) is 20.8 Å². The summed E-state index contributed by atoms with van der Waals surface area (Å²) in [7, 11) is 0. The van der Waals surface area contributed by atoms with Gasteiger partial charge in [-0.25, -0.2) is 9.97 Å². The lowest BCUT2D eigenvalue weighted by Crippen LogP contribution is -2.30. The summed E-state index contributed by atoms with van der Waals surface area (Å²) in [4.78, 5) is 10.5. The molecule has 0 unspecified atom stereocenters. The molecule has 1 saturated heterocycles. The van der Waals surface area contributed by atoms with Crippen LogP contribution in [0.2, 0.25) is 0 Å². The van der Waals surface area contributed by atoms with Gasteiger partial charge in [0.2, 0.25) is 5.95 Å². The van der Waals surface area contributed by atoms with Gasteiger partial charge in [-0.05, 0) is 11.5 Å². The smallest absolute Gasteiger partial charge is 0.225 e. The second-order valence-corrected chi connectivity index (χ2v) is 5.49. The predicted molar refractivity (Wildman–Crippen MR) is 63.2 cm³/mol. The molecule has 1 aliphatic heterocycles. The summed E-state index contributed by atoms with van der Waals surface area (Å²) in [5.74, 6) is 0.990. The fourth-order valence-electron chi connectivity index (χ4n) is 2.26. The first kappa shape index (κ1) is 11.3. The molecule has 1 aromatic heterocycles. The van der Waals surface area contributed by atoms with Crippen LogP contribution in [0.3, 0.4) is 0 Å². The Balaban J connectivity index is 2.13. The molecule has 0 spiro atoms. The topological polar surface area (TPSA) is 49.2 Å². The molecular weight excluding hydrogens is 202 g/mol. The summed E-state index contributed by atoms with van der Waals surface area (Å²) < 4.78 is 0. The molecule has 0 saturated carbocycles. The molecule has 4 heteroatoms. The summed E-state index contributed by atoms with van der Waals surface area (Å²) >= 11 is 0. The molecule has 2 atom stereocenters. The van der Waals surface area contributed by atoms with E-state index in [0.717, 1.165) is 6.54 Å². The highest BCUT2D eigenvalue weighted by Crippen LogP contribution is 2.34. The third kappa shape index (κ3) is 2.16. The van der Waals surface area contributed by atoms with Crippen LogP contribution >= 0.6 is 0 Å². The second kappa shape index (κ2) is 4.01. The van der Waals surface area contributed by atoms with E-state index >= 15 is 0 Å². The fraction of sp³-hybridized carbons (Fsp3) is 0.667. The molecule has 0 amide bonds. The van der Waals surface area contributed by atoms with Crippen molar-refractivity contribution in [3.05, 3.63) is 18.5 Å². The quantitative estimate of drug-likeness (QED) is 0.777. The zero-order valence-corrected chi connectivity index (χ0v) is 10.1. The van der Waals surface area contributed by atoms with E-state index in [1.807, 2.05) is 0 Å². The number of aliphatic hydroxyl groups excluding tert-OH is 1. The predicted octanol–water partition coefficient (Wildman–Crippen LogP) is 1.32. The molecule has 0 aliphatic carbocycles. The molecule has 88 valence electrons. The van der Waals surface area contributed by atoms with E-state index in [-0.39, 0.29) is 17.4 Å². The Morgan fingerprint density at radius 3 is 2.38 bits per heavy atom. The van der Waals surface area contributed by atoms with Crippen molar-refractivity contribution in [2.24, 2.45) is 11.3 Å². The highest BCUT2D eigenvalue weighted by molar-refractivity contribution is 5.31. The van der Waals surface area contributed by atoms with E-state index in [1.165, 1.54) is 0 Å². The van der Waals surface area contributed by atoms with Gasteiger partial charge >= 0.3 is 0 Å². The monoisotopic (exact) mass is 221 g/mol. The Labute approximate surface area is 96.3 Å². The largest absolute Gasteiger partial charge is 0.391 e. The minimum atomic E-state index is -0.288. The summed E-state index contributed by atoms with van der Waals surface area (Å²) in [6.07, 6.45) is 3.18. The van der Waals surface area contributed by atoms with Gasteiger partial charge in [-0.3, -0.25) is 0 Å². The van der Waals surface area contributed by atoms with Crippen molar-refractivity contribution in [2.45, 2.75) is 26.9 Å². The molecule has 0 bridgehead atoms. The number of anilines is 1. The Kier molecular flexibility index (Phi) is 2.84. The lowest BCUT2D eigenvalue weighted by Gasteiger charge is -2.28. The molecule has 0 radical (unpaired) electrons. The van der Waals surface area contributed by atoms with Gasteiger partial charge in [0, 0.05) is 31.4 Å². The summed E-state index contributed by atoms with van der Waals surface area (Å²) in [6, 6.07) is 1.80. The SMILES string of the molecule is CC(C)(C)[C@H]1CN(c2ncccn2)C[C@H]1O. The Bertz CT molecular complexity index is 347. The maximum atomic E-state index is 10.1. The third-order valence-corrected chi connectivity index (χ3v) is 3.24. The maximum absolute atomic E-state index is 10.1. The Morgan fingerprint density at radius 2 is 1.88 bits per heavy atom. The molecule has 2 heterocycles. The van der Waals surface area contributed by atoms with E-state index in [2.05, 4.69) is 35.6 Å². The van der Waals surface area contributed by atoms with Crippen molar-refractivity contribution in [1.29, 1.82) is 0 Å². The summed E-state index contributed by atoms with van der Waals surface area (Å²) in [5, 5.41) is 10.1. The molecule has 16 heavy (non-hydrogen) atoms. The summed E-state index contributed by atoms with van der Waals surface area (Å²) in [5.41, 5.74) is 0.114. The normalized spacial score (nSPS) is 26.1.